The minimum absolute atomic E-state index is 0.308. The van der Waals surface area contributed by atoms with E-state index < -0.39 is 17.8 Å². The smallest absolute Gasteiger partial charge is 0.342 e. The minimum Gasteiger partial charge on any atom is -0.496 e. The lowest BCUT2D eigenvalue weighted by Gasteiger charge is -2.11. The standard InChI is InChI=1S/C13H18O5/c1-7(5-10(15)9(3)14)11-6-12(17-4)8(2)13(16)18-11/h5-6,9-10,14-15H,1-4H3/b7-5+. The van der Waals surface area contributed by atoms with Crippen molar-refractivity contribution in [3.05, 3.63) is 33.9 Å². The molecule has 0 bridgehead atoms. The van der Waals surface area contributed by atoms with E-state index in [0.29, 0.717) is 22.6 Å². The molecule has 1 aromatic heterocycles. The summed E-state index contributed by atoms with van der Waals surface area (Å²) in [5, 5.41) is 18.7. The number of methoxy groups -OCH3 is 1. The van der Waals surface area contributed by atoms with Crippen LogP contribution in [0.3, 0.4) is 0 Å². The van der Waals surface area contributed by atoms with Crippen LogP contribution in [0.15, 0.2) is 21.4 Å². The molecule has 0 amide bonds. The topological polar surface area (TPSA) is 79.9 Å². The van der Waals surface area contributed by atoms with E-state index in [1.54, 1.807) is 19.9 Å². The Morgan fingerprint density at radius 3 is 2.61 bits per heavy atom. The fraction of sp³-hybridized carbons (Fsp3) is 0.462. The van der Waals surface area contributed by atoms with Crippen molar-refractivity contribution < 1.29 is 19.4 Å². The van der Waals surface area contributed by atoms with E-state index in [4.69, 9.17) is 9.15 Å². The lowest BCUT2D eigenvalue weighted by molar-refractivity contribution is 0.0621. The van der Waals surface area contributed by atoms with Crippen molar-refractivity contribution in [2.45, 2.75) is 33.0 Å². The Kier molecular flexibility index (Phi) is 4.69. The molecule has 0 saturated carbocycles. The second-order valence-corrected chi connectivity index (χ2v) is 4.17. The van der Waals surface area contributed by atoms with Crippen LogP contribution in [-0.4, -0.2) is 29.5 Å². The molecule has 0 fully saturated rings. The first-order valence-corrected chi connectivity index (χ1v) is 5.60. The summed E-state index contributed by atoms with van der Waals surface area (Å²) in [7, 11) is 1.47. The van der Waals surface area contributed by atoms with Crippen molar-refractivity contribution >= 4 is 5.57 Å². The van der Waals surface area contributed by atoms with Crippen LogP contribution in [0.25, 0.3) is 5.57 Å². The van der Waals surface area contributed by atoms with Gasteiger partial charge in [-0.3, -0.25) is 0 Å². The fourth-order valence-electron chi connectivity index (χ4n) is 1.42. The van der Waals surface area contributed by atoms with Gasteiger partial charge in [0.1, 0.15) is 11.5 Å². The molecule has 0 aliphatic rings. The molecule has 100 valence electrons. The van der Waals surface area contributed by atoms with Crippen LogP contribution in [0.2, 0.25) is 0 Å². The van der Waals surface area contributed by atoms with E-state index in [1.165, 1.54) is 20.1 Å². The zero-order chi connectivity index (χ0) is 13.9. The van der Waals surface area contributed by atoms with Gasteiger partial charge in [0, 0.05) is 6.07 Å². The highest BCUT2D eigenvalue weighted by Gasteiger charge is 2.12. The third-order valence-corrected chi connectivity index (χ3v) is 2.66. The van der Waals surface area contributed by atoms with Gasteiger partial charge in [-0.05, 0) is 32.4 Å². The lowest BCUT2D eigenvalue weighted by Crippen LogP contribution is -2.20. The quantitative estimate of drug-likeness (QED) is 0.841. The third-order valence-electron chi connectivity index (χ3n) is 2.66. The summed E-state index contributed by atoms with van der Waals surface area (Å²) in [5.74, 6) is 0.739. The summed E-state index contributed by atoms with van der Waals surface area (Å²) in [6, 6.07) is 1.58. The van der Waals surface area contributed by atoms with Gasteiger partial charge in [-0.15, -0.1) is 0 Å². The van der Waals surface area contributed by atoms with Crippen LogP contribution in [-0.2, 0) is 0 Å². The zero-order valence-corrected chi connectivity index (χ0v) is 10.9. The van der Waals surface area contributed by atoms with Crippen LogP contribution < -0.4 is 10.4 Å². The van der Waals surface area contributed by atoms with Gasteiger partial charge in [0.2, 0.25) is 0 Å². The molecule has 0 aliphatic heterocycles. The molecule has 1 rings (SSSR count). The summed E-state index contributed by atoms with van der Waals surface area (Å²) in [6.45, 7) is 4.76. The molecule has 0 radical (unpaired) electrons. The lowest BCUT2D eigenvalue weighted by atomic mass is 10.1. The summed E-state index contributed by atoms with van der Waals surface area (Å²) < 4.78 is 10.2. The first kappa shape index (κ1) is 14.5. The normalized spacial score (nSPS) is 15.3. The number of hydrogen-bond donors (Lipinski definition) is 2. The fourth-order valence-corrected chi connectivity index (χ4v) is 1.42. The highest BCUT2D eigenvalue weighted by atomic mass is 16.5. The molecule has 2 N–H and O–H groups in total. The van der Waals surface area contributed by atoms with Crippen LogP contribution in [0.1, 0.15) is 25.2 Å². The molecule has 0 aliphatic carbocycles. The largest absolute Gasteiger partial charge is 0.496 e. The van der Waals surface area contributed by atoms with Gasteiger partial charge in [-0.2, -0.15) is 0 Å². The van der Waals surface area contributed by atoms with Crippen LogP contribution in [0.4, 0.5) is 0 Å². The molecule has 1 aromatic rings. The van der Waals surface area contributed by atoms with Crippen LogP contribution in [0.5, 0.6) is 5.75 Å². The Hall–Kier alpha value is -1.59. The molecular formula is C13H18O5. The second-order valence-electron chi connectivity index (χ2n) is 4.17. The van der Waals surface area contributed by atoms with Crippen molar-refractivity contribution in [1.29, 1.82) is 0 Å². The van der Waals surface area contributed by atoms with E-state index >= 15 is 0 Å². The Morgan fingerprint density at radius 2 is 2.11 bits per heavy atom. The van der Waals surface area contributed by atoms with Gasteiger partial charge in [0.25, 0.3) is 0 Å². The number of ether oxygens (including phenoxy) is 1. The van der Waals surface area contributed by atoms with E-state index in [1.807, 2.05) is 0 Å². The minimum atomic E-state index is -1.01. The highest BCUT2D eigenvalue weighted by Crippen LogP contribution is 2.21. The van der Waals surface area contributed by atoms with Crippen molar-refractivity contribution in [3.8, 4) is 5.75 Å². The Balaban J connectivity index is 3.18. The Labute approximate surface area is 105 Å². The van der Waals surface area contributed by atoms with Gasteiger partial charge in [0.05, 0.1) is 24.9 Å². The third kappa shape index (κ3) is 3.21. The molecule has 0 spiro atoms. The first-order valence-electron chi connectivity index (χ1n) is 5.60. The average Bonchev–Trinajstić information content (AvgIpc) is 2.32. The van der Waals surface area contributed by atoms with E-state index in [-0.39, 0.29) is 0 Å². The Morgan fingerprint density at radius 1 is 1.50 bits per heavy atom. The SMILES string of the molecule is COc1cc(/C(C)=C/C(O)C(C)O)oc(=O)c1C. The van der Waals surface area contributed by atoms with Crippen molar-refractivity contribution in [2.24, 2.45) is 0 Å². The maximum atomic E-state index is 11.6. The summed E-state index contributed by atoms with van der Waals surface area (Å²) in [5.41, 5.74) is 0.465. The molecule has 1 heterocycles. The highest BCUT2D eigenvalue weighted by molar-refractivity contribution is 5.61. The van der Waals surface area contributed by atoms with Crippen molar-refractivity contribution in [1.82, 2.24) is 0 Å². The second kappa shape index (κ2) is 5.84. The van der Waals surface area contributed by atoms with Crippen LogP contribution in [0, 0.1) is 6.92 Å². The molecule has 0 saturated heterocycles. The number of aliphatic hydroxyl groups excluding tert-OH is 2. The number of allylic oxidation sites excluding steroid dienone is 1. The van der Waals surface area contributed by atoms with Gasteiger partial charge in [-0.1, -0.05) is 0 Å². The van der Waals surface area contributed by atoms with E-state index in [2.05, 4.69) is 0 Å². The van der Waals surface area contributed by atoms with Crippen molar-refractivity contribution in [3.63, 3.8) is 0 Å². The predicted octanol–water partition coefficient (Wildman–Crippen LogP) is 1.10. The summed E-state index contributed by atoms with van der Waals surface area (Å²) in [4.78, 5) is 11.6. The van der Waals surface area contributed by atoms with E-state index in [0.717, 1.165) is 0 Å². The average molecular weight is 254 g/mol. The van der Waals surface area contributed by atoms with Crippen LogP contribution >= 0.6 is 0 Å². The van der Waals surface area contributed by atoms with Gasteiger partial charge in [-0.25, -0.2) is 4.79 Å². The monoisotopic (exact) mass is 254 g/mol. The number of rotatable bonds is 4. The molecular weight excluding hydrogens is 236 g/mol. The molecule has 0 aromatic carbocycles. The molecule has 5 nitrogen and oxygen atoms in total. The van der Waals surface area contributed by atoms with E-state index in [9.17, 15) is 15.0 Å². The molecule has 5 heteroatoms. The van der Waals surface area contributed by atoms with Gasteiger partial charge >= 0.3 is 5.63 Å². The zero-order valence-electron chi connectivity index (χ0n) is 10.9. The van der Waals surface area contributed by atoms with Gasteiger partial charge in [0.15, 0.2) is 0 Å². The van der Waals surface area contributed by atoms with Crippen molar-refractivity contribution in [2.75, 3.05) is 7.11 Å². The molecule has 2 unspecified atom stereocenters. The maximum Gasteiger partial charge on any atom is 0.342 e. The Bertz CT molecular complexity index is 499. The van der Waals surface area contributed by atoms with Gasteiger partial charge < -0.3 is 19.4 Å². The predicted molar refractivity (Wildman–Crippen MR) is 67.6 cm³/mol. The summed E-state index contributed by atoms with van der Waals surface area (Å²) >= 11 is 0. The maximum absolute atomic E-state index is 11.6. The number of hydrogen-bond acceptors (Lipinski definition) is 5. The molecule has 2 atom stereocenters. The summed E-state index contributed by atoms with van der Waals surface area (Å²) in [6.07, 6.45) is -0.473. The molecule has 18 heavy (non-hydrogen) atoms. The number of aliphatic hydroxyl groups is 2. The first-order chi connectivity index (χ1) is 8.36.